The monoisotopic (exact) mass is 153 g/mol. The van der Waals surface area contributed by atoms with Crippen LogP contribution in [0.3, 0.4) is 0 Å². The molecule has 1 atom stereocenters. The van der Waals surface area contributed by atoms with Crippen molar-refractivity contribution in [3.05, 3.63) is 28.8 Å². The van der Waals surface area contributed by atoms with Crippen molar-refractivity contribution < 1.29 is 9.80 Å². The van der Waals surface area contributed by atoms with E-state index in [-0.39, 0.29) is 5.06 Å². The lowest BCUT2D eigenvalue weighted by atomic mass is 10.1. The summed E-state index contributed by atoms with van der Waals surface area (Å²) in [5, 5.41) is 11.3. The highest BCUT2D eigenvalue weighted by Gasteiger charge is 2.20. The van der Waals surface area contributed by atoms with E-state index in [1.165, 1.54) is 0 Å². The summed E-state index contributed by atoms with van der Waals surface area (Å²) < 4.78 is 5.27. The zero-order chi connectivity index (χ0) is 7.68. The molecule has 0 aliphatic carbocycles. The third kappa shape index (κ3) is 1.17. The lowest BCUT2D eigenvalue weighted by Gasteiger charge is -2.29. The van der Waals surface area contributed by atoms with Crippen molar-refractivity contribution in [3.63, 3.8) is 0 Å². The topological polar surface area (TPSA) is 36.7 Å². The van der Waals surface area contributed by atoms with E-state index in [4.69, 9.17) is 4.74 Å². The van der Waals surface area contributed by atoms with Crippen molar-refractivity contribution in [2.45, 2.75) is 12.8 Å². The van der Waals surface area contributed by atoms with E-state index >= 15 is 0 Å². The van der Waals surface area contributed by atoms with E-state index in [0.717, 1.165) is 18.4 Å². The number of quaternary nitrogens is 1. The quantitative estimate of drug-likeness (QED) is 0.496. The molecule has 11 heavy (non-hydrogen) atoms. The second-order valence-corrected chi connectivity index (χ2v) is 2.84. The van der Waals surface area contributed by atoms with Gasteiger partial charge in [0.1, 0.15) is 6.54 Å². The standard InChI is InChI=1S/C8H11NO2/c10-9-5-1-3-7-4-2-6-11-8(7)9/h1,3,9H,2,4-6H2. The number of ether oxygens (including phenoxy) is 1. The van der Waals surface area contributed by atoms with Crippen molar-refractivity contribution in [3.8, 4) is 0 Å². The zero-order valence-electron chi connectivity index (χ0n) is 6.30. The molecule has 1 unspecified atom stereocenters. The molecule has 2 heterocycles. The summed E-state index contributed by atoms with van der Waals surface area (Å²) in [6.45, 7) is 1.22. The van der Waals surface area contributed by atoms with Gasteiger partial charge in [-0.25, -0.2) is 0 Å². The van der Waals surface area contributed by atoms with Crippen LogP contribution in [0.25, 0.3) is 0 Å². The molecule has 2 aliphatic heterocycles. The van der Waals surface area contributed by atoms with Crippen LogP contribution in [0.1, 0.15) is 12.8 Å². The first-order valence-electron chi connectivity index (χ1n) is 3.93. The van der Waals surface area contributed by atoms with Gasteiger partial charge in [0.25, 0.3) is 5.88 Å². The van der Waals surface area contributed by atoms with Crippen LogP contribution in [-0.4, -0.2) is 13.2 Å². The van der Waals surface area contributed by atoms with Gasteiger partial charge in [-0.15, -0.1) is 0 Å². The molecule has 0 aromatic heterocycles. The van der Waals surface area contributed by atoms with Crippen LogP contribution in [0.2, 0.25) is 0 Å². The molecule has 60 valence electrons. The van der Waals surface area contributed by atoms with E-state index in [9.17, 15) is 5.21 Å². The van der Waals surface area contributed by atoms with E-state index in [1.54, 1.807) is 0 Å². The SMILES string of the molecule is [O-][NH+]1CC=CC2=C1OCCC2. The van der Waals surface area contributed by atoms with Gasteiger partial charge < -0.3 is 15.0 Å². The second-order valence-electron chi connectivity index (χ2n) is 2.84. The van der Waals surface area contributed by atoms with Gasteiger partial charge in [0.15, 0.2) is 0 Å². The summed E-state index contributed by atoms with van der Waals surface area (Å²) in [5.74, 6) is 0.624. The molecule has 0 amide bonds. The number of rotatable bonds is 0. The van der Waals surface area contributed by atoms with Crippen molar-refractivity contribution in [1.82, 2.24) is 0 Å². The highest BCUT2D eigenvalue weighted by atomic mass is 16.6. The zero-order valence-corrected chi connectivity index (χ0v) is 6.30. The first kappa shape index (κ1) is 6.88. The molecule has 0 fully saturated rings. The van der Waals surface area contributed by atoms with Crippen LogP contribution in [0.4, 0.5) is 0 Å². The largest absolute Gasteiger partial charge is 0.626 e. The molecule has 0 radical (unpaired) electrons. The lowest BCUT2D eigenvalue weighted by Crippen LogP contribution is -3.06. The van der Waals surface area contributed by atoms with Gasteiger partial charge in [-0.1, -0.05) is 0 Å². The van der Waals surface area contributed by atoms with Gasteiger partial charge >= 0.3 is 0 Å². The Morgan fingerprint density at radius 1 is 1.55 bits per heavy atom. The molecular weight excluding hydrogens is 142 g/mol. The maximum absolute atomic E-state index is 11.2. The molecule has 1 N–H and O–H groups in total. The Bertz CT molecular complexity index is 220. The summed E-state index contributed by atoms with van der Waals surface area (Å²) in [6.07, 6.45) is 5.96. The van der Waals surface area contributed by atoms with Gasteiger partial charge in [0.2, 0.25) is 0 Å². The van der Waals surface area contributed by atoms with Crippen LogP contribution >= 0.6 is 0 Å². The van der Waals surface area contributed by atoms with Crippen molar-refractivity contribution in [2.75, 3.05) is 13.2 Å². The molecule has 2 aliphatic rings. The summed E-state index contributed by atoms with van der Waals surface area (Å²) >= 11 is 0. The van der Waals surface area contributed by atoms with Gasteiger partial charge in [-0.2, -0.15) is 0 Å². The Labute approximate surface area is 65.5 Å². The average Bonchev–Trinajstić information content (AvgIpc) is 2.06. The van der Waals surface area contributed by atoms with Crippen molar-refractivity contribution >= 4 is 0 Å². The lowest BCUT2D eigenvalue weighted by molar-refractivity contribution is -0.820. The minimum Gasteiger partial charge on any atom is -0.626 e. The molecular formula is C8H11NO2. The molecule has 0 aromatic rings. The number of nitrogens with one attached hydrogen (secondary N) is 1. The highest BCUT2D eigenvalue weighted by molar-refractivity contribution is 5.22. The van der Waals surface area contributed by atoms with E-state index in [2.05, 4.69) is 0 Å². The van der Waals surface area contributed by atoms with Crippen LogP contribution in [-0.2, 0) is 4.74 Å². The first-order chi connectivity index (χ1) is 5.38. The molecule has 0 bridgehead atoms. The minimum atomic E-state index is 0.141. The molecule has 0 saturated heterocycles. The summed E-state index contributed by atoms with van der Waals surface area (Å²) in [5.41, 5.74) is 1.09. The molecule has 3 heteroatoms. The number of allylic oxidation sites excluding steroid dienone is 2. The fourth-order valence-corrected chi connectivity index (χ4v) is 1.46. The van der Waals surface area contributed by atoms with Crippen molar-refractivity contribution in [1.29, 1.82) is 0 Å². The highest BCUT2D eigenvalue weighted by Crippen LogP contribution is 2.17. The minimum absolute atomic E-state index is 0.141. The summed E-state index contributed by atoms with van der Waals surface area (Å²) in [4.78, 5) is 0. The number of hydrogen-bond donors (Lipinski definition) is 1. The maximum Gasteiger partial charge on any atom is 0.293 e. The fraction of sp³-hybridized carbons (Fsp3) is 0.500. The van der Waals surface area contributed by atoms with Crippen LogP contribution in [0, 0.1) is 5.21 Å². The van der Waals surface area contributed by atoms with Crippen LogP contribution in [0.5, 0.6) is 0 Å². The van der Waals surface area contributed by atoms with Gasteiger partial charge in [-0.3, -0.25) is 0 Å². The Morgan fingerprint density at radius 2 is 2.45 bits per heavy atom. The third-order valence-electron chi connectivity index (χ3n) is 2.00. The van der Waals surface area contributed by atoms with Gasteiger partial charge in [0, 0.05) is 0 Å². The summed E-state index contributed by atoms with van der Waals surface area (Å²) in [7, 11) is 0. The smallest absolute Gasteiger partial charge is 0.293 e. The first-order valence-corrected chi connectivity index (χ1v) is 3.93. The Balaban J connectivity index is 2.27. The van der Waals surface area contributed by atoms with Crippen molar-refractivity contribution in [2.24, 2.45) is 0 Å². The maximum atomic E-state index is 11.2. The number of hydroxylamine groups is 2. The molecule has 0 aromatic carbocycles. The second kappa shape index (κ2) is 2.68. The summed E-state index contributed by atoms with van der Waals surface area (Å²) in [6, 6.07) is 0. The number of hydrogen-bond acceptors (Lipinski definition) is 2. The van der Waals surface area contributed by atoms with Crippen LogP contribution < -0.4 is 5.06 Å². The third-order valence-corrected chi connectivity index (χ3v) is 2.00. The predicted molar refractivity (Wildman–Crippen MR) is 40.5 cm³/mol. The fourth-order valence-electron chi connectivity index (χ4n) is 1.46. The van der Waals surface area contributed by atoms with E-state index in [1.807, 2.05) is 12.2 Å². The molecule has 3 nitrogen and oxygen atoms in total. The molecule has 0 saturated carbocycles. The van der Waals surface area contributed by atoms with Gasteiger partial charge in [0.05, 0.1) is 12.2 Å². The predicted octanol–water partition coefficient (Wildman–Crippen LogP) is -0.0391. The van der Waals surface area contributed by atoms with Crippen LogP contribution in [0.15, 0.2) is 23.6 Å². The Morgan fingerprint density at radius 3 is 3.27 bits per heavy atom. The molecule has 0 spiro atoms. The average molecular weight is 153 g/mol. The van der Waals surface area contributed by atoms with E-state index < -0.39 is 0 Å². The Kier molecular flexibility index (Phi) is 1.68. The molecule has 2 rings (SSSR count). The van der Waals surface area contributed by atoms with E-state index in [0.29, 0.717) is 19.0 Å². The Hall–Kier alpha value is -0.800. The normalized spacial score (nSPS) is 29.7. The van der Waals surface area contributed by atoms with Gasteiger partial charge in [-0.05, 0) is 25.0 Å².